The Morgan fingerprint density at radius 1 is 1.26 bits per heavy atom. The molecule has 0 radical (unpaired) electrons. The minimum Gasteiger partial charge on any atom is -0.378 e. The third-order valence-electron chi connectivity index (χ3n) is 3.96. The minimum absolute atomic E-state index is 0.161. The molecule has 0 aromatic heterocycles. The molecule has 1 unspecified atom stereocenters. The van der Waals surface area contributed by atoms with Gasteiger partial charge in [0.05, 0.1) is 32.5 Å². The predicted molar refractivity (Wildman–Crippen MR) is 106 cm³/mol. The van der Waals surface area contributed by atoms with Gasteiger partial charge in [0.2, 0.25) is 0 Å². The average Bonchev–Trinajstić information content (AvgIpc) is 2.62. The van der Waals surface area contributed by atoms with Gasteiger partial charge in [-0.2, -0.15) is 0 Å². The molecule has 1 amide bonds. The van der Waals surface area contributed by atoms with Crippen LogP contribution in [0, 0.1) is 0 Å². The molecule has 0 saturated heterocycles. The smallest absolute Gasteiger partial charge is 0.251 e. The lowest BCUT2D eigenvalue weighted by Crippen LogP contribution is -2.28. The molecule has 3 N–H and O–H groups in total. The van der Waals surface area contributed by atoms with Crippen LogP contribution in [0.2, 0.25) is 0 Å². The van der Waals surface area contributed by atoms with Crippen molar-refractivity contribution < 1.29 is 14.3 Å². The van der Waals surface area contributed by atoms with E-state index in [4.69, 9.17) is 20.7 Å². The topological polar surface area (TPSA) is 122 Å². The molecule has 8 nitrogen and oxygen atoms in total. The van der Waals surface area contributed by atoms with Crippen molar-refractivity contribution in [1.29, 1.82) is 0 Å². The van der Waals surface area contributed by atoms with Crippen molar-refractivity contribution in [3.8, 4) is 0 Å². The van der Waals surface area contributed by atoms with Crippen LogP contribution in [0.5, 0.6) is 0 Å². The van der Waals surface area contributed by atoms with Gasteiger partial charge in [-0.15, -0.1) is 0 Å². The van der Waals surface area contributed by atoms with Gasteiger partial charge < -0.3 is 20.5 Å². The van der Waals surface area contributed by atoms with Crippen LogP contribution < -0.4 is 11.1 Å². The second-order valence-electron chi connectivity index (χ2n) is 7.20. The molecule has 1 rings (SSSR count). The number of carbonyl (C=O) groups is 1. The van der Waals surface area contributed by atoms with Gasteiger partial charge in [0, 0.05) is 23.6 Å². The molecule has 1 aromatic carbocycles. The summed E-state index contributed by atoms with van der Waals surface area (Å²) in [4.78, 5) is 15.3. The Bertz CT molecular complexity index is 651. The molecule has 150 valence electrons. The first-order valence-electron chi connectivity index (χ1n) is 9.13. The van der Waals surface area contributed by atoms with Crippen molar-refractivity contribution in [3.05, 3.63) is 45.3 Å². The molecule has 0 aliphatic carbocycles. The van der Waals surface area contributed by atoms with Crippen LogP contribution in [0.25, 0.3) is 10.4 Å². The number of nitrogens with two attached hydrogens (primary N) is 1. The summed E-state index contributed by atoms with van der Waals surface area (Å²) in [6, 6.07) is 5.19. The van der Waals surface area contributed by atoms with E-state index < -0.39 is 0 Å². The molecule has 1 atom stereocenters. The Labute approximate surface area is 161 Å². The van der Waals surface area contributed by atoms with E-state index in [-0.39, 0.29) is 17.4 Å². The maximum atomic E-state index is 12.4. The highest BCUT2D eigenvalue weighted by Crippen LogP contribution is 2.32. The molecule has 27 heavy (non-hydrogen) atoms. The first-order valence-corrected chi connectivity index (χ1v) is 9.13. The summed E-state index contributed by atoms with van der Waals surface area (Å²) in [5.74, 6) is -0.161. The Morgan fingerprint density at radius 2 is 1.93 bits per heavy atom. The number of rotatable bonds is 11. The molecule has 0 aliphatic heterocycles. The van der Waals surface area contributed by atoms with E-state index in [1.54, 1.807) is 6.07 Å². The van der Waals surface area contributed by atoms with Gasteiger partial charge in [-0.25, -0.2) is 0 Å². The van der Waals surface area contributed by atoms with Gasteiger partial charge in [-0.3, -0.25) is 4.79 Å². The molecule has 0 heterocycles. The van der Waals surface area contributed by atoms with Crippen LogP contribution in [-0.2, 0) is 14.9 Å². The lowest BCUT2D eigenvalue weighted by molar-refractivity contribution is 0.0511. The number of ether oxygens (including phenoxy) is 2. The van der Waals surface area contributed by atoms with Crippen molar-refractivity contribution >= 4 is 5.91 Å². The maximum absolute atomic E-state index is 12.4. The molecule has 0 bridgehead atoms. The number of azide groups is 1. The van der Waals surface area contributed by atoms with Crippen LogP contribution in [0.1, 0.15) is 55.2 Å². The van der Waals surface area contributed by atoms with Crippen molar-refractivity contribution in [2.45, 2.75) is 39.2 Å². The van der Waals surface area contributed by atoms with E-state index in [9.17, 15) is 4.79 Å². The van der Waals surface area contributed by atoms with Crippen LogP contribution in [0.15, 0.2) is 23.3 Å². The van der Waals surface area contributed by atoms with Gasteiger partial charge in [-0.05, 0) is 34.2 Å². The fraction of sp³-hybridized carbons (Fsp3) is 0.632. The monoisotopic (exact) mass is 377 g/mol. The summed E-state index contributed by atoms with van der Waals surface area (Å²) in [5, 5.41) is 6.63. The molecule has 0 fully saturated rings. The fourth-order valence-electron chi connectivity index (χ4n) is 2.60. The molecule has 0 aliphatic rings. The lowest BCUT2D eigenvalue weighted by Gasteiger charge is -2.25. The quantitative estimate of drug-likeness (QED) is 0.266. The van der Waals surface area contributed by atoms with Crippen LogP contribution in [-0.4, -0.2) is 45.4 Å². The van der Waals surface area contributed by atoms with Crippen LogP contribution >= 0.6 is 0 Å². The number of carbonyl (C=O) groups excluding carboxylic acids is 1. The normalized spacial score (nSPS) is 12.3. The second kappa shape index (κ2) is 11.6. The average molecular weight is 377 g/mol. The van der Waals surface area contributed by atoms with E-state index in [1.807, 2.05) is 19.1 Å². The summed E-state index contributed by atoms with van der Waals surface area (Å²) in [6.07, 6.45) is 0. The number of hydrogen-bond acceptors (Lipinski definition) is 5. The Hall–Kier alpha value is -2.12. The Balaban J connectivity index is 2.66. The van der Waals surface area contributed by atoms with Gasteiger partial charge in [0.15, 0.2) is 0 Å². The number of benzene rings is 1. The molecule has 8 heteroatoms. The number of nitrogens with one attached hydrogen (secondary N) is 1. The highest BCUT2D eigenvalue weighted by atomic mass is 16.5. The Kier molecular flexibility index (Phi) is 9.82. The zero-order valence-corrected chi connectivity index (χ0v) is 16.7. The van der Waals surface area contributed by atoms with E-state index in [0.29, 0.717) is 45.1 Å². The SMILES string of the molecule is CC(N=[N+]=[N-])c1ccc(C(=O)NCCOCCOCCN)cc1C(C)(C)C. The third-order valence-corrected chi connectivity index (χ3v) is 3.96. The van der Waals surface area contributed by atoms with E-state index in [0.717, 1.165) is 11.1 Å². The predicted octanol–water partition coefficient (Wildman–Crippen LogP) is 3.08. The number of nitrogens with zero attached hydrogens (tertiary/aromatic N) is 3. The summed E-state index contributed by atoms with van der Waals surface area (Å²) in [5.41, 5.74) is 16.3. The van der Waals surface area contributed by atoms with Crippen molar-refractivity contribution in [2.75, 3.05) is 39.5 Å². The van der Waals surface area contributed by atoms with Crippen LogP contribution in [0.4, 0.5) is 0 Å². The first kappa shape index (κ1) is 22.9. The van der Waals surface area contributed by atoms with Crippen molar-refractivity contribution in [1.82, 2.24) is 5.32 Å². The molecule has 0 spiro atoms. The largest absolute Gasteiger partial charge is 0.378 e. The van der Waals surface area contributed by atoms with E-state index in [2.05, 4.69) is 36.1 Å². The van der Waals surface area contributed by atoms with Gasteiger partial charge in [0.25, 0.3) is 5.91 Å². The summed E-state index contributed by atoms with van der Waals surface area (Å²) in [6.45, 7) is 10.8. The summed E-state index contributed by atoms with van der Waals surface area (Å²) in [7, 11) is 0. The van der Waals surface area contributed by atoms with Gasteiger partial charge >= 0.3 is 0 Å². The number of hydrogen-bond donors (Lipinski definition) is 2. The Morgan fingerprint density at radius 3 is 2.52 bits per heavy atom. The standard InChI is InChI=1S/C19H31N5O3/c1-14(23-24-21)16-6-5-15(13-17(16)19(2,3)4)18(25)22-8-10-27-12-11-26-9-7-20/h5-6,13-14H,7-12,20H2,1-4H3,(H,22,25). The van der Waals surface area contributed by atoms with Crippen molar-refractivity contribution in [2.24, 2.45) is 10.8 Å². The molecule has 0 saturated carbocycles. The molecule has 1 aromatic rings. The maximum Gasteiger partial charge on any atom is 0.251 e. The zero-order chi connectivity index (χ0) is 20.3. The summed E-state index contributed by atoms with van der Waals surface area (Å²) < 4.78 is 10.6. The minimum atomic E-state index is -0.295. The van der Waals surface area contributed by atoms with Crippen molar-refractivity contribution in [3.63, 3.8) is 0 Å². The van der Waals surface area contributed by atoms with E-state index >= 15 is 0 Å². The highest BCUT2D eigenvalue weighted by Gasteiger charge is 2.22. The van der Waals surface area contributed by atoms with Gasteiger partial charge in [-0.1, -0.05) is 38.9 Å². The van der Waals surface area contributed by atoms with Crippen LogP contribution in [0.3, 0.4) is 0 Å². The number of amides is 1. The van der Waals surface area contributed by atoms with Gasteiger partial charge in [0.1, 0.15) is 0 Å². The molecular formula is C19H31N5O3. The van der Waals surface area contributed by atoms with E-state index in [1.165, 1.54) is 0 Å². The second-order valence-corrected chi connectivity index (χ2v) is 7.20. The molecular weight excluding hydrogens is 346 g/mol. The third kappa shape index (κ3) is 7.97. The zero-order valence-electron chi connectivity index (χ0n) is 16.7. The summed E-state index contributed by atoms with van der Waals surface area (Å²) >= 11 is 0. The lowest BCUT2D eigenvalue weighted by atomic mass is 9.81. The fourth-order valence-corrected chi connectivity index (χ4v) is 2.60. The first-order chi connectivity index (χ1) is 12.8. The highest BCUT2D eigenvalue weighted by molar-refractivity contribution is 5.94.